The molecular formula is C12H11BrN2O2S. The molecule has 0 aliphatic heterocycles. The largest absolute Gasteiger partial charge is 0.495 e. The first-order chi connectivity index (χ1) is 8.60. The molecule has 6 heteroatoms. The van der Waals surface area contributed by atoms with Crippen LogP contribution in [-0.4, -0.2) is 13.0 Å². The van der Waals surface area contributed by atoms with Gasteiger partial charge < -0.3 is 15.8 Å². The fourth-order valence-electron chi connectivity index (χ4n) is 1.42. The van der Waals surface area contributed by atoms with E-state index in [0.29, 0.717) is 22.0 Å². The molecule has 0 aliphatic rings. The molecule has 2 aromatic rings. The van der Waals surface area contributed by atoms with Crippen LogP contribution < -0.4 is 15.8 Å². The van der Waals surface area contributed by atoms with Crippen molar-refractivity contribution >= 4 is 44.5 Å². The third kappa shape index (κ3) is 2.83. The van der Waals surface area contributed by atoms with E-state index in [0.717, 1.165) is 3.79 Å². The molecule has 4 nitrogen and oxygen atoms in total. The van der Waals surface area contributed by atoms with Crippen molar-refractivity contribution in [3.05, 3.63) is 39.0 Å². The number of carbonyl (C=O) groups excluding carboxylic acids is 1. The van der Waals surface area contributed by atoms with E-state index in [-0.39, 0.29) is 5.91 Å². The number of hydrogen-bond donors (Lipinski definition) is 2. The van der Waals surface area contributed by atoms with Crippen molar-refractivity contribution in [2.75, 3.05) is 18.2 Å². The molecule has 94 valence electrons. The summed E-state index contributed by atoms with van der Waals surface area (Å²) in [6, 6.07) is 8.72. The lowest BCUT2D eigenvalue weighted by molar-refractivity contribution is 0.103. The number of anilines is 2. The number of nitrogens with one attached hydrogen (secondary N) is 1. The van der Waals surface area contributed by atoms with E-state index in [2.05, 4.69) is 21.2 Å². The number of thiophene rings is 1. The van der Waals surface area contributed by atoms with Crippen LogP contribution >= 0.6 is 27.3 Å². The fraction of sp³-hybridized carbons (Fsp3) is 0.0833. The van der Waals surface area contributed by atoms with Gasteiger partial charge in [0.2, 0.25) is 0 Å². The standard InChI is InChI=1S/C12H11BrN2O2S/c1-17-9-6-7(2-3-8(9)14)15-12(16)10-4-5-11(13)18-10/h2-6H,14H2,1H3,(H,15,16). The number of benzene rings is 1. The first-order valence-electron chi connectivity index (χ1n) is 5.10. The second-order valence-electron chi connectivity index (χ2n) is 3.51. The highest BCUT2D eigenvalue weighted by molar-refractivity contribution is 9.11. The number of hydrogen-bond acceptors (Lipinski definition) is 4. The third-order valence-corrected chi connectivity index (χ3v) is 3.91. The van der Waals surface area contributed by atoms with Crippen molar-refractivity contribution in [2.24, 2.45) is 0 Å². The maximum Gasteiger partial charge on any atom is 0.265 e. The number of amides is 1. The van der Waals surface area contributed by atoms with Gasteiger partial charge >= 0.3 is 0 Å². The summed E-state index contributed by atoms with van der Waals surface area (Å²) in [5.74, 6) is 0.387. The van der Waals surface area contributed by atoms with Gasteiger partial charge in [-0.3, -0.25) is 4.79 Å². The molecule has 0 spiro atoms. The molecule has 0 saturated heterocycles. The van der Waals surface area contributed by atoms with E-state index >= 15 is 0 Å². The van der Waals surface area contributed by atoms with Crippen molar-refractivity contribution in [3.8, 4) is 5.75 Å². The smallest absolute Gasteiger partial charge is 0.265 e. The molecule has 0 radical (unpaired) electrons. The van der Waals surface area contributed by atoms with Crippen LogP contribution in [0.1, 0.15) is 9.67 Å². The summed E-state index contributed by atoms with van der Waals surface area (Å²) in [5, 5.41) is 2.79. The van der Waals surface area contributed by atoms with Crippen molar-refractivity contribution in [3.63, 3.8) is 0 Å². The first kappa shape index (κ1) is 12.9. The van der Waals surface area contributed by atoms with Gasteiger partial charge in [0.1, 0.15) is 5.75 Å². The molecule has 0 fully saturated rings. The Labute approximate surface area is 117 Å². The molecule has 3 N–H and O–H groups in total. The Morgan fingerprint density at radius 2 is 2.17 bits per heavy atom. The lowest BCUT2D eigenvalue weighted by Crippen LogP contribution is -2.10. The number of carbonyl (C=O) groups is 1. The molecule has 1 amide bonds. The molecule has 1 heterocycles. The second kappa shape index (κ2) is 5.41. The molecule has 18 heavy (non-hydrogen) atoms. The quantitative estimate of drug-likeness (QED) is 0.850. The summed E-state index contributed by atoms with van der Waals surface area (Å²) in [6.45, 7) is 0. The first-order valence-corrected chi connectivity index (χ1v) is 6.71. The maximum atomic E-state index is 11.9. The zero-order valence-electron chi connectivity index (χ0n) is 9.57. The van der Waals surface area contributed by atoms with E-state index in [1.54, 1.807) is 24.3 Å². The van der Waals surface area contributed by atoms with Gasteiger partial charge in [-0.25, -0.2) is 0 Å². The van der Waals surface area contributed by atoms with Crippen LogP contribution in [-0.2, 0) is 0 Å². The lowest BCUT2D eigenvalue weighted by Gasteiger charge is -2.08. The van der Waals surface area contributed by atoms with Crippen molar-refractivity contribution < 1.29 is 9.53 Å². The van der Waals surface area contributed by atoms with E-state index in [1.165, 1.54) is 18.4 Å². The summed E-state index contributed by atoms with van der Waals surface area (Å²) in [4.78, 5) is 12.6. The molecule has 0 bridgehead atoms. The summed E-state index contributed by atoms with van der Waals surface area (Å²) in [7, 11) is 1.54. The monoisotopic (exact) mass is 326 g/mol. The highest BCUT2D eigenvalue weighted by Crippen LogP contribution is 2.26. The minimum atomic E-state index is -0.155. The van der Waals surface area contributed by atoms with Crippen LogP contribution in [0.3, 0.4) is 0 Å². The predicted molar refractivity (Wildman–Crippen MR) is 77.4 cm³/mol. The fourth-order valence-corrected chi connectivity index (χ4v) is 2.70. The molecule has 2 rings (SSSR count). The Morgan fingerprint density at radius 3 is 2.78 bits per heavy atom. The van der Waals surface area contributed by atoms with Crippen molar-refractivity contribution in [2.45, 2.75) is 0 Å². The second-order valence-corrected chi connectivity index (χ2v) is 5.98. The SMILES string of the molecule is COc1cc(NC(=O)c2ccc(Br)s2)ccc1N. The molecule has 0 saturated carbocycles. The Kier molecular flexibility index (Phi) is 3.88. The van der Waals surface area contributed by atoms with Gasteiger partial charge in [-0.15, -0.1) is 11.3 Å². The number of nitrogens with two attached hydrogens (primary N) is 1. The van der Waals surface area contributed by atoms with E-state index < -0.39 is 0 Å². The number of rotatable bonds is 3. The lowest BCUT2D eigenvalue weighted by atomic mass is 10.2. The van der Waals surface area contributed by atoms with E-state index in [4.69, 9.17) is 10.5 Å². The average Bonchev–Trinajstić information content (AvgIpc) is 2.78. The Morgan fingerprint density at radius 1 is 1.39 bits per heavy atom. The molecular weight excluding hydrogens is 316 g/mol. The van der Waals surface area contributed by atoms with Gasteiger partial charge in [-0.2, -0.15) is 0 Å². The average molecular weight is 327 g/mol. The van der Waals surface area contributed by atoms with Crippen LogP contribution in [0, 0.1) is 0 Å². The number of methoxy groups -OCH3 is 1. The predicted octanol–water partition coefficient (Wildman–Crippen LogP) is 3.35. The van der Waals surface area contributed by atoms with Crippen molar-refractivity contribution in [1.82, 2.24) is 0 Å². The zero-order valence-corrected chi connectivity index (χ0v) is 12.0. The highest BCUT2D eigenvalue weighted by Gasteiger charge is 2.09. The molecule has 1 aromatic heterocycles. The minimum Gasteiger partial charge on any atom is -0.495 e. The molecule has 1 aromatic carbocycles. The number of ether oxygens (including phenoxy) is 1. The topological polar surface area (TPSA) is 64.3 Å². The van der Waals surface area contributed by atoms with E-state index in [1.807, 2.05) is 6.07 Å². The molecule has 0 unspecified atom stereocenters. The zero-order chi connectivity index (χ0) is 13.1. The van der Waals surface area contributed by atoms with Gasteiger partial charge in [-0.1, -0.05) is 0 Å². The normalized spacial score (nSPS) is 10.1. The van der Waals surface area contributed by atoms with Gasteiger partial charge in [0, 0.05) is 11.8 Å². The van der Waals surface area contributed by atoms with Crippen LogP contribution in [0.15, 0.2) is 34.1 Å². The Bertz CT molecular complexity index is 583. The summed E-state index contributed by atoms with van der Waals surface area (Å²) >= 11 is 4.70. The van der Waals surface area contributed by atoms with Crippen LogP contribution in [0.5, 0.6) is 5.75 Å². The summed E-state index contributed by atoms with van der Waals surface area (Å²) in [5.41, 5.74) is 6.89. The molecule has 0 aliphatic carbocycles. The third-order valence-electron chi connectivity index (χ3n) is 2.29. The van der Waals surface area contributed by atoms with Crippen molar-refractivity contribution in [1.29, 1.82) is 0 Å². The summed E-state index contributed by atoms with van der Waals surface area (Å²) < 4.78 is 6.01. The van der Waals surface area contributed by atoms with Crippen LogP contribution in [0.2, 0.25) is 0 Å². The van der Waals surface area contributed by atoms with Gasteiger partial charge in [0.05, 0.1) is 21.5 Å². The Balaban J connectivity index is 2.16. The maximum absolute atomic E-state index is 11.9. The number of nitrogen functional groups attached to an aromatic ring is 1. The van der Waals surface area contributed by atoms with Gasteiger partial charge in [-0.05, 0) is 40.2 Å². The molecule has 0 atom stereocenters. The van der Waals surface area contributed by atoms with Gasteiger partial charge in [0.15, 0.2) is 0 Å². The number of halogens is 1. The highest BCUT2D eigenvalue weighted by atomic mass is 79.9. The minimum absolute atomic E-state index is 0.155. The van der Waals surface area contributed by atoms with Crippen LogP contribution in [0.25, 0.3) is 0 Å². The summed E-state index contributed by atoms with van der Waals surface area (Å²) in [6.07, 6.45) is 0. The Hall–Kier alpha value is -1.53. The van der Waals surface area contributed by atoms with Crippen LogP contribution in [0.4, 0.5) is 11.4 Å². The van der Waals surface area contributed by atoms with Gasteiger partial charge in [0.25, 0.3) is 5.91 Å². The van der Waals surface area contributed by atoms with E-state index in [9.17, 15) is 4.79 Å².